The summed E-state index contributed by atoms with van der Waals surface area (Å²) >= 11 is 6.10. The number of nitrogens with zero attached hydrogens (tertiary/aromatic N) is 2. The predicted octanol–water partition coefficient (Wildman–Crippen LogP) is 5.29. The molecule has 1 unspecified atom stereocenters. The van der Waals surface area contributed by atoms with Crippen molar-refractivity contribution in [2.75, 3.05) is 4.90 Å². The van der Waals surface area contributed by atoms with E-state index >= 15 is 0 Å². The largest absolute Gasteiger partial charge is 0.507 e. The summed E-state index contributed by atoms with van der Waals surface area (Å²) in [5.41, 5.74) is 4.24. The van der Waals surface area contributed by atoms with Crippen LogP contribution in [0, 0.1) is 20.8 Å². The van der Waals surface area contributed by atoms with Gasteiger partial charge in [0.2, 0.25) is 0 Å². The van der Waals surface area contributed by atoms with Crippen LogP contribution in [0.4, 0.5) is 5.69 Å². The Balaban J connectivity index is 2.00. The molecule has 4 rings (SSSR count). The van der Waals surface area contributed by atoms with Crippen LogP contribution >= 0.6 is 11.6 Å². The third kappa shape index (κ3) is 3.62. The van der Waals surface area contributed by atoms with E-state index in [9.17, 15) is 14.7 Å². The zero-order chi connectivity index (χ0) is 22.3. The third-order valence-corrected chi connectivity index (χ3v) is 5.75. The van der Waals surface area contributed by atoms with E-state index in [1.165, 1.54) is 4.90 Å². The molecule has 1 aliphatic heterocycles. The highest BCUT2D eigenvalue weighted by Gasteiger charge is 2.47. The lowest BCUT2D eigenvalue weighted by Gasteiger charge is -2.26. The van der Waals surface area contributed by atoms with Crippen molar-refractivity contribution in [3.63, 3.8) is 0 Å². The van der Waals surface area contributed by atoms with E-state index in [0.29, 0.717) is 21.8 Å². The highest BCUT2D eigenvalue weighted by Crippen LogP contribution is 2.43. The van der Waals surface area contributed by atoms with E-state index in [1.807, 2.05) is 39.0 Å². The molecule has 0 saturated carbocycles. The molecule has 5 nitrogen and oxygen atoms in total. The summed E-state index contributed by atoms with van der Waals surface area (Å²) in [6.45, 7) is 5.59. The zero-order valence-electron chi connectivity index (χ0n) is 17.4. The first-order chi connectivity index (χ1) is 14.8. The van der Waals surface area contributed by atoms with Gasteiger partial charge in [-0.05, 0) is 67.8 Å². The number of benzene rings is 2. The average molecular weight is 433 g/mol. The predicted molar refractivity (Wildman–Crippen MR) is 121 cm³/mol. The summed E-state index contributed by atoms with van der Waals surface area (Å²) in [6.07, 6.45) is 3.22. The number of aryl methyl sites for hydroxylation is 3. The van der Waals surface area contributed by atoms with Crippen LogP contribution in [0.3, 0.4) is 0 Å². The van der Waals surface area contributed by atoms with Crippen molar-refractivity contribution in [2.45, 2.75) is 26.8 Å². The number of anilines is 1. The minimum Gasteiger partial charge on any atom is -0.507 e. The van der Waals surface area contributed by atoms with Crippen LogP contribution in [0.15, 0.2) is 66.5 Å². The Morgan fingerprint density at radius 3 is 2.48 bits per heavy atom. The lowest BCUT2D eigenvalue weighted by Crippen LogP contribution is -2.30. The Bertz CT molecular complexity index is 1230. The zero-order valence-corrected chi connectivity index (χ0v) is 18.1. The van der Waals surface area contributed by atoms with Crippen LogP contribution in [0.2, 0.25) is 5.02 Å². The number of aliphatic hydroxyl groups is 1. The number of ketones is 1. The van der Waals surface area contributed by atoms with Crippen molar-refractivity contribution >= 4 is 34.7 Å². The molecule has 2 aromatic carbocycles. The molecule has 1 aromatic heterocycles. The molecule has 1 amide bonds. The standard InChI is InChI=1S/C25H21ClN2O3/c1-14-6-7-15(2)19(11-14)23(29)21-22(17-5-4-10-27-13-17)28(25(31)24(21)30)20-9-8-18(26)12-16(20)3/h4-13,22,29H,1-3H3/b23-21+. The second-order valence-electron chi connectivity index (χ2n) is 7.70. The fourth-order valence-electron chi connectivity index (χ4n) is 3.96. The maximum atomic E-state index is 13.2. The molecule has 1 aliphatic rings. The molecule has 0 aliphatic carbocycles. The summed E-state index contributed by atoms with van der Waals surface area (Å²) in [4.78, 5) is 32.0. The van der Waals surface area contributed by atoms with Gasteiger partial charge in [0.25, 0.3) is 11.7 Å². The van der Waals surface area contributed by atoms with Gasteiger partial charge in [-0.3, -0.25) is 19.5 Å². The van der Waals surface area contributed by atoms with Crippen LogP contribution in [-0.2, 0) is 9.59 Å². The second kappa shape index (κ2) is 8.00. The minimum absolute atomic E-state index is 0.0426. The maximum absolute atomic E-state index is 13.2. The first-order valence-electron chi connectivity index (χ1n) is 9.84. The fourth-order valence-corrected chi connectivity index (χ4v) is 4.19. The number of hydrogen-bond donors (Lipinski definition) is 1. The van der Waals surface area contributed by atoms with E-state index < -0.39 is 17.7 Å². The molecule has 0 radical (unpaired) electrons. The van der Waals surface area contributed by atoms with Crippen molar-refractivity contribution in [3.8, 4) is 0 Å². The summed E-state index contributed by atoms with van der Waals surface area (Å²) in [5.74, 6) is -1.63. The molecule has 2 heterocycles. The summed E-state index contributed by atoms with van der Waals surface area (Å²) in [6, 6.07) is 13.5. The number of aromatic nitrogens is 1. The second-order valence-corrected chi connectivity index (χ2v) is 8.14. The van der Waals surface area contributed by atoms with Gasteiger partial charge in [-0.15, -0.1) is 0 Å². The Morgan fingerprint density at radius 1 is 1.03 bits per heavy atom. The third-order valence-electron chi connectivity index (χ3n) is 5.51. The van der Waals surface area contributed by atoms with E-state index in [1.54, 1.807) is 42.7 Å². The number of halogens is 1. The molecule has 1 fully saturated rings. The maximum Gasteiger partial charge on any atom is 0.300 e. The van der Waals surface area contributed by atoms with Crippen molar-refractivity contribution < 1.29 is 14.7 Å². The molecule has 156 valence electrons. The quantitative estimate of drug-likeness (QED) is 0.347. The molecule has 0 bridgehead atoms. The number of pyridine rings is 1. The van der Waals surface area contributed by atoms with E-state index in [0.717, 1.165) is 16.7 Å². The number of carbonyl (C=O) groups excluding carboxylic acids is 2. The van der Waals surface area contributed by atoms with E-state index in [-0.39, 0.29) is 11.3 Å². The van der Waals surface area contributed by atoms with E-state index in [2.05, 4.69) is 4.98 Å². The van der Waals surface area contributed by atoms with Crippen LogP contribution in [0.5, 0.6) is 0 Å². The SMILES string of the molecule is Cc1ccc(C)c(/C(O)=C2\C(=O)C(=O)N(c3ccc(Cl)cc3C)C2c2cccnc2)c1. The molecule has 6 heteroatoms. The van der Waals surface area contributed by atoms with Gasteiger partial charge in [-0.2, -0.15) is 0 Å². The van der Waals surface area contributed by atoms with Crippen LogP contribution in [0.1, 0.15) is 33.9 Å². The van der Waals surface area contributed by atoms with Crippen molar-refractivity contribution in [2.24, 2.45) is 0 Å². The Kier molecular flexibility index (Phi) is 5.38. The smallest absolute Gasteiger partial charge is 0.300 e. The lowest BCUT2D eigenvalue weighted by molar-refractivity contribution is -0.132. The van der Waals surface area contributed by atoms with Gasteiger partial charge in [0.05, 0.1) is 11.6 Å². The minimum atomic E-state index is -0.812. The highest BCUT2D eigenvalue weighted by atomic mass is 35.5. The first-order valence-corrected chi connectivity index (χ1v) is 10.2. The molecule has 1 N–H and O–H groups in total. The normalized spacial score (nSPS) is 17.9. The molecule has 3 aromatic rings. The fraction of sp³-hybridized carbons (Fsp3) is 0.160. The number of amides is 1. The number of Topliss-reactive ketones (excluding diaryl/α,β-unsaturated/α-hetero) is 1. The van der Waals surface area contributed by atoms with Gasteiger partial charge < -0.3 is 5.11 Å². The number of hydrogen-bond acceptors (Lipinski definition) is 4. The van der Waals surface area contributed by atoms with Gasteiger partial charge in [0, 0.05) is 28.7 Å². The monoisotopic (exact) mass is 432 g/mol. The highest BCUT2D eigenvalue weighted by molar-refractivity contribution is 6.51. The first kappa shape index (κ1) is 20.8. The van der Waals surface area contributed by atoms with Crippen LogP contribution < -0.4 is 4.90 Å². The van der Waals surface area contributed by atoms with E-state index in [4.69, 9.17) is 11.6 Å². The molecular formula is C25H21ClN2O3. The van der Waals surface area contributed by atoms with Gasteiger partial charge in [0.1, 0.15) is 5.76 Å². The lowest BCUT2D eigenvalue weighted by atomic mass is 9.94. The Morgan fingerprint density at radius 2 is 1.81 bits per heavy atom. The average Bonchev–Trinajstić information content (AvgIpc) is 3.01. The van der Waals surface area contributed by atoms with Gasteiger partial charge in [0.15, 0.2) is 0 Å². The number of rotatable bonds is 3. The van der Waals surface area contributed by atoms with Gasteiger partial charge in [-0.25, -0.2) is 0 Å². The molecule has 0 spiro atoms. The Labute approximate surface area is 185 Å². The molecule has 1 atom stereocenters. The number of carbonyl (C=O) groups is 2. The van der Waals surface area contributed by atoms with Crippen molar-refractivity contribution in [1.82, 2.24) is 4.98 Å². The van der Waals surface area contributed by atoms with Crippen LogP contribution in [0.25, 0.3) is 5.76 Å². The molecule has 1 saturated heterocycles. The molecule has 31 heavy (non-hydrogen) atoms. The Hall–Kier alpha value is -3.44. The van der Waals surface area contributed by atoms with Crippen molar-refractivity contribution in [3.05, 3.63) is 99.3 Å². The van der Waals surface area contributed by atoms with Crippen LogP contribution in [-0.4, -0.2) is 21.8 Å². The summed E-state index contributed by atoms with van der Waals surface area (Å²) < 4.78 is 0. The topological polar surface area (TPSA) is 70.5 Å². The summed E-state index contributed by atoms with van der Waals surface area (Å²) in [5, 5.41) is 11.8. The van der Waals surface area contributed by atoms with Gasteiger partial charge >= 0.3 is 0 Å². The molecular weight excluding hydrogens is 412 g/mol. The number of aliphatic hydroxyl groups excluding tert-OH is 1. The van der Waals surface area contributed by atoms with Crippen molar-refractivity contribution in [1.29, 1.82) is 0 Å². The van der Waals surface area contributed by atoms with Gasteiger partial charge in [-0.1, -0.05) is 35.4 Å². The summed E-state index contributed by atoms with van der Waals surface area (Å²) in [7, 11) is 0.